The van der Waals surface area contributed by atoms with Gasteiger partial charge in [0.05, 0.1) is 10.5 Å². The molecule has 1 aliphatic rings. The second-order valence-electron chi connectivity index (χ2n) is 6.72. The van der Waals surface area contributed by atoms with Crippen LogP contribution >= 0.6 is 0 Å². The average Bonchev–Trinajstić information content (AvgIpc) is 3.24. The predicted molar refractivity (Wildman–Crippen MR) is 106 cm³/mol. The molecule has 0 radical (unpaired) electrons. The van der Waals surface area contributed by atoms with E-state index in [0.29, 0.717) is 18.8 Å². The van der Waals surface area contributed by atoms with Crippen LogP contribution < -0.4 is 5.32 Å². The lowest BCUT2D eigenvalue weighted by Gasteiger charge is -2.16. The van der Waals surface area contributed by atoms with Crippen molar-refractivity contribution in [2.45, 2.75) is 30.8 Å². The molecule has 2 aromatic rings. The zero-order chi connectivity index (χ0) is 21.0. The number of phenols is 1. The van der Waals surface area contributed by atoms with Gasteiger partial charge in [-0.2, -0.15) is 4.31 Å². The van der Waals surface area contributed by atoms with Crippen LogP contribution in [0.2, 0.25) is 0 Å². The van der Waals surface area contributed by atoms with E-state index in [1.54, 1.807) is 0 Å². The predicted octanol–water partition coefficient (Wildman–Crippen LogP) is 2.36. The van der Waals surface area contributed by atoms with E-state index in [1.165, 1.54) is 59.8 Å². The molecule has 2 aromatic carbocycles. The van der Waals surface area contributed by atoms with Crippen LogP contribution in [0.1, 0.15) is 30.1 Å². The van der Waals surface area contributed by atoms with Gasteiger partial charge in [-0.3, -0.25) is 4.79 Å². The number of aromatic hydroxyl groups is 1. The molecule has 9 heteroatoms. The second kappa shape index (κ2) is 8.62. The van der Waals surface area contributed by atoms with E-state index in [2.05, 4.69) is 5.32 Å². The Morgan fingerprint density at radius 1 is 1.10 bits per heavy atom. The molecule has 1 amide bonds. The van der Waals surface area contributed by atoms with Crippen molar-refractivity contribution >= 4 is 27.6 Å². The Kier molecular flexibility index (Phi) is 6.19. The number of hydrogen-bond acceptors (Lipinski definition) is 6. The average molecular weight is 418 g/mol. The van der Waals surface area contributed by atoms with Crippen molar-refractivity contribution < 1.29 is 27.9 Å². The Morgan fingerprint density at radius 3 is 2.38 bits per heavy atom. The summed E-state index contributed by atoms with van der Waals surface area (Å²) in [5.41, 5.74) is 0.511. The number of hydrogen-bond donors (Lipinski definition) is 2. The minimum Gasteiger partial charge on any atom is -0.508 e. The lowest BCUT2D eigenvalue weighted by Crippen LogP contribution is -2.30. The summed E-state index contributed by atoms with van der Waals surface area (Å²) in [5, 5.41) is 12.0. The molecule has 1 fully saturated rings. The summed E-state index contributed by atoms with van der Waals surface area (Å²) >= 11 is 0. The fourth-order valence-electron chi connectivity index (χ4n) is 2.95. The molecule has 1 aliphatic heterocycles. The normalized spacial score (nSPS) is 15.6. The van der Waals surface area contributed by atoms with Crippen molar-refractivity contribution in [3.8, 4) is 5.75 Å². The highest BCUT2D eigenvalue weighted by atomic mass is 32.2. The third kappa shape index (κ3) is 4.93. The first-order chi connectivity index (χ1) is 13.8. The van der Waals surface area contributed by atoms with E-state index in [1.807, 2.05) is 0 Å². The van der Waals surface area contributed by atoms with Crippen LogP contribution in [0, 0.1) is 0 Å². The summed E-state index contributed by atoms with van der Waals surface area (Å²) in [5.74, 6) is -1.38. The highest BCUT2D eigenvalue weighted by molar-refractivity contribution is 7.89. The van der Waals surface area contributed by atoms with Crippen molar-refractivity contribution in [1.29, 1.82) is 0 Å². The van der Waals surface area contributed by atoms with Gasteiger partial charge in [-0.15, -0.1) is 0 Å². The summed E-state index contributed by atoms with van der Waals surface area (Å²) in [6, 6.07) is 11.5. The number of carbonyl (C=O) groups excluding carboxylic acids is 2. The van der Waals surface area contributed by atoms with Crippen LogP contribution in [0.5, 0.6) is 5.75 Å². The van der Waals surface area contributed by atoms with Gasteiger partial charge in [0.1, 0.15) is 5.75 Å². The molecule has 8 nitrogen and oxygen atoms in total. The van der Waals surface area contributed by atoms with Crippen LogP contribution in [0.25, 0.3) is 0 Å². The van der Waals surface area contributed by atoms with Crippen molar-refractivity contribution in [1.82, 2.24) is 4.31 Å². The van der Waals surface area contributed by atoms with Gasteiger partial charge in [-0.05, 0) is 62.2 Å². The Balaban J connectivity index is 1.60. The smallest absolute Gasteiger partial charge is 0.339 e. The number of esters is 1. The van der Waals surface area contributed by atoms with Gasteiger partial charge in [-0.25, -0.2) is 13.2 Å². The van der Waals surface area contributed by atoms with E-state index < -0.39 is 28.0 Å². The largest absolute Gasteiger partial charge is 0.508 e. The van der Waals surface area contributed by atoms with Crippen molar-refractivity contribution in [3.05, 3.63) is 54.1 Å². The van der Waals surface area contributed by atoms with Crippen LogP contribution in [0.15, 0.2) is 53.4 Å². The zero-order valence-electron chi connectivity index (χ0n) is 15.9. The van der Waals surface area contributed by atoms with E-state index >= 15 is 0 Å². The van der Waals surface area contributed by atoms with Crippen molar-refractivity contribution in [3.63, 3.8) is 0 Å². The van der Waals surface area contributed by atoms with Gasteiger partial charge in [0.15, 0.2) is 6.10 Å². The number of phenolic OH excluding ortho intramolecular Hbond substituents is 1. The number of sulfonamides is 1. The molecule has 0 spiro atoms. The Morgan fingerprint density at radius 2 is 1.76 bits per heavy atom. The number of rotatable bonds is 6. The first-order valence-corrected chi connectivity index (χ1v) is 10.6. The highest BCUT2D eigenvalue weighted by Gasteiger charge is 2.27. The Labute approximate surface area is 169 Å². The second-order valence-corrected chi connectivity index (χ2v) is 8.66. The topological polar surface area (TPSA) is 113 Å². The summed E-state index contributed by atoms with van der Waals surface area (Å²) in [7, 11) is -3.52. The third-order valence-electron chi connectivity index (χ3n) is 4.56. The number of amides is 1. The maximum atomic E-state index is 12.5. The van der Waals surface area contributed by atoms with E-state index in [9.17, 15) is 23.1 Å². The molecule has 1 saturated heterocycles. The SMILES string of the molecule is C[C@H](OC(=O)c1cccc(O)c1)C(=O)Nc1ccc(S(=O)(=O)N2CCCC2)cc1. The molecule has 0 bridgehead atoms. The molecular formula is C20H22N2O6S. The molecule has 0 aliphatic carbocycles. The standard InChI is InChI=1S/C20H22N2O6S/c1-14(28-20(25)15-5-4-6-17(23)13-15)19(24)21-16-7-9-18(10-8-16)29(26,27)22-11-2-3-12-22/h4-10,13-14,23H,2-3,11-12H2,1H3,(H,21,24)/t14-/m0/s1. The van der Waals surface area contributed by atoms with Gasteiger partial charge in [0.2, 0.25) is 10.0 Å². The number of ether oxygens (including phenoxy) is 1. The molecule has 154 valence electrons. The summed E-state index contributed by atoms with van der Waals surface area (Å²) < 4.78 is 31.6. The fraction of sp³-hybridized carbons (Fsp3) is 0.300. The van der Waals surface area contributed by atoms with Crippen LogP contribution in [0.3, 0.4) is 0 Å². The molecule has 2 N–H and O–H groups in total. The van der Waals surface area contributed by atoms with Gasteiger partial charge in [-0.1, -0.05) is 6.07 Å². The number of benzene rings is 2. The van der Waals surface area contributed by atoms with E-state index in [4.69, 9.17) is 4.74 Å². The summed E-state index contributed by atoms with van der Waals surface area (Å²) in [4.78, 5) is 24.5. The monoisotopic (exact) mass is 418 g/mol. The fourth-order valence-corrected chi connectivity index (χ4v) is 4.46. The molecular weight excluding hydrogens is 396 g/mol. The first-order valence-electron chi connectivity index (χ1n) is 9.18. The first kappa shape index (κ1) is 20.8. The van der Waals surface area contributed by atoms with Crippen molar-refractivity contribution in [2.24, 2.45) is 0 Å². The van der Waals surface area contributed by atoms with E-state index in [-0.39, 0.29) is 16.2 Å². The van der Waals surface area contributed by atoms with Gasteiger partial charge in [0.25, 0.3) is 5.91 Å². The summed E-state index contributed by atoms with van der Waals surface area (Å²) in [6.45, 7) is 2.45. The van der Waals surface area contributed by atoms with Crippen LogP contribution in [0.4, 0.5) is 5.69 Å². The van der Waals surface area contributed by atoms with Gasteiger partial charge < -0.3 is 15.2 Å². The maximum Gasteiger partial charge on any atom is 0.339 e. The molecule has 29 heavy (non-hydrogen) atoms. The molecule has 0 unspecified atom stereocenters. The molecule has 1 atom stereocenters. The quantitative estimate of drug-likeness (QED) is 0.697. The van der Waals surface area contributed by atoms with Crippen LogP contribution in [-0.4, -0.2) is 48.9 Å². The molecule has 3 rings (SSSR count). The number of nitrogens with one attached hydrogen (secondary N) is 1. The van der Waals surface area contributed by atoms with E-state index in [0.717, 1.165) is 12.8 Å². The Hall–Kier alpha value is -2.91. The molecule has 0 aromatic heterocycles. The lowest BCUT2D eigenvalue weighted by molar-refractivity contribution is -0.123. The number of carbonyl (C=O) groups is 2. The van der Waals surface area contributed by atoms with Gasteiger partial charge >= 0.3 is 5.97 Å². The lowest BCUT2D eigenvalue weighted by atomic mass is 10.2. The zero-order valence-corrected chi connectivity index (χ0v) is 16.7. The minimum absolute atomic E-state index is 0.0828. The minimum atomic E-state index is -3.52. The molecule has 0 saturated carbocycles. The number of nitrogens with zero attached hydrogens (tertiary/aromatic N) is 1. The summed E-state index contributed by atoms with van der Waals surface area (Å²) in [6.07, 6.45) is 0.622. The third-order valence-corrected chi connectivity index (χ3v) is 6.47. The maximum absolute atomic E-state index is 12.5. The Bertz CT molecular complexity index is 998. The van der Waals surface area contributed by atoms with Crippen molar-refractivity contribution in [2.75, 3.05) is 18.4 Å². The van der Waals surface area contributed by atoms with Gasteiger partial charge in [0, 0.05) is 18.8 Å². The van der Waals surface area contributed by atoms with Crippen LogP contribution in [-0.2, 0) is 19.6 Å². The molecule has 1 heterocycles. The highest BCUT2D eigenvalue weighted by Crippen LogP contribution is 2.22. The number of anilines is 1.